The maximum Gasteiger partial charge on any atom is -0.00595 e. The van der Waals surface area contributed by atoms with Crippen LogP contribution in [0.3, 0.4) is 0 Å². The first-order chi connectivity index (χ1) is 19.9. The second-order valence-corrected chi connectivity index (χ2v) is 22.4. The molecule has 0 N–H and O–H groups in total. The molecule has 1 saturated heterocycles. The van der Waals surface area contributed by atoms with Gasteiger partial charge in [0.15, 0.2) is 8.32 Å². The zero-order valence-corrected chi connectivity index (χ0v) is 31.2. The Kier molecular flexibility index (Phi) is 17.1. The van der Waals surface area contributed by atoms with Gasteiger partial charge in [-0.2, -0.15) is 6.67 Å². The van der Waals surface area contributed by atoms with Crippen molar-refractivity contribution in [3.05, 3.63) is 60.8 Å². The van der Waals surface area contributed by atoms with Crippen LogP contribution in [-0.2, 0) is 33.9 Å². The van der Waals surface area contributed by atoms with Gasteiger partial charge in [0.1, 0.15) is 0 Å². The summed E-state index contributed by atoms with van der Waals surface area (Å²) in [5.74, 6) is 0.987. The SMILES string of the molecule is C=CC1CCC(/C=C/C[Si](C)(C)OC)C1OC(=O)CCc1ccc(OC(C)C)c([CH]=[Ru]([Cl])[Cl])c1.CSN1[CH-]N(C)CC1. The van der Waals surface area contributed by atoms with Crippen molar-refractivity contribution in [1.29, 1.82) is 0 Å². The number of rotatable bonds is 13. The Morgan fingerprint density at radius 2 is 1.98 bits per heavy atom. The van der Waals surface area contributed by atoms with Crippen LogP contribution in [0.15, 0.2) is 43.0 Å². The van der Waals surface area contributed by atoms with Gasteiger partial charge in [0.2, 0.25) is 0 Å². The fraction of sp³-hybridized carbons (Fsp3) is 0.581. The molecule has 1 aliphatic heterocycles. The number of halogens is 2. The fourth-order valence-electron chi connectivity index (χ4n) is 4.74. The molecule has 1 aliphatic carbocycles. The van der Waals surface area contributed by atoms with Crippen LogP contribution in [0.25, 0.3) is 0 Å². The van der Waals surface area contributed by atoms with Gasteiger partial charge >= 0.3 is 181 Å². The summed E-state index contributed by atoms with van der Waals surface area (Å²) in [6.45, 7) is 16.8. The van der Waals surface area contributed by atoms with Gasteiger partial charge in [-0.3, -0.25) is 0 Å². The molecule has 3 atom stereocenters. The Morgan fingerprint density at radius 3 is 2.52 bits per heavy atom. The predicted octanol–water partition coefficient (Wildman–Crippen LogP) is 7.65. The van der Waals surface area contributed by atoms with Crippen molar-refractivity contribution in [2.75, 3.05) is 33.5 Å². The molecule has 3 rings (SSSR count). The summed E-state index contributed by atoms with van der Waals surface area (Å²) in [6.07, 6.45) is 11.2. The van der Waals surface area contributed by atoms with Gasteiger partial charge in [0, 0.05) is 7.11 Å². The first kappa shape index (κ1) is 37.7. The third-order valence-electron chi connectivity index (χ3n) is 7.27. The molecule has 0 amide bonds. The van der Waals surface area contributed by atoms with Crippen LogP contribution in [0.1, 0.15) is 44.2 Å². The smallest absolute Gasteiger partial charge is 0.00595 e. The van der Waals surface area contributed by atoms with Crippen molar-refractivity contribution in [3.8, 4) is 5.75 Å². The third kappa shape index (κ3) is 13.6. The summed E-state index contributed by atoms with van der Waals surface area (Å²) >= 11 is -0.237. The number of hydrogen-bond acceptors (Lipinski definition) is 7. The van der Waals surface area contributed by atoms with E-state index in [1.54, 1.807) is 19.1 Å². The fourth-order valence-corrected chi connectivity index (χ4v) is 7.91. The first-order valence-corrected chi connectivity index (χ1v) is 24.2. The number of likely N-dealkylation sites (N-methyl/N-ethyl adjacent to an activating group) is 1. The van der Waals surface area contributed by atoms with Crippen LogP contribution in [-0.4, -0.2) is 73.8 Å². The van der Waals surface area contributed by atoms with E-state index >= 15 is 0 Å². The average molecular weight is 746 g/mol. The standard InChI is InChI=1S/C26H38O4Si.C5H11N2S.2ClH.Ru/c1-8-22-13-14-23(10-9-17-31(6,7)28-5)26(22)30-25(27)16-12-21-11-15-24(20(4)18-21)29-19(2)3;1-6-3-4-7(5-6)8-2;;;/h4,8-11,15,18-19,22-23,26H,1,12-14,16-17H2,2-3,5-7H3;5H,3-4H2,1-2H3;2*1H;/q;-1;;;+2/p-2/b10-9+;;;;. The first-order valence-electron chi connectivity index (χ1n) is 14.4. The molecule has 6 nitrogen and oxygen atoms in total. The zero-order valence-electron chi connectivity index (χ0n) is 26.1. The molecule has 1 heterocycles. The second-order valence-electron chi connectivity index (χ2n) is 11.5. The largest absolute Gasteiger partial charge is 0.443 e. The summed E-state index contributed by atoms with van der Waals surface area (Å²) in [4.78, 5) is 15.0. The number of aryl methyl sites for hydroxylation is 1. The molecule has 2 fully saturated rings. The van der Waals surface area contributed by atoms with Crippen LogP contribution in [0.5, 0.6) is 5.75 Å². The van der Waals surface area contributed by atoms with Crippen molar-refractivity contribution in [2.24, 2.45) is 11.8 Å². The van der Waals surface area contributed by atoms with E-state index in [0.717, 1.165) is 42.3 Å². The molecule has 3 unspecified atom stereocenters. The quantitative estimate of drug-likeness (QED) is 0.0677. The maximum absolute atomic E-state index is 12.8. The van der Waals surface area contributed by atoms with Crippen LogP contribution in [0.4, 0.5) is 0 Å². The monoisotopic (exact) mass is 745 g/mol. The molecule has 0 spiro atoms. The minimum absolute atomic E-state index is 0.0495. The zero-order chi connectivity index (χ0) is 31.3. The molecule has 0 radical (unpaired) electrons. The molecule has 11 heteroatoms. The van der Waals surface area contributed by atoms with Crippen molar-refractivity contribution < 1.29 is 32.2 Å². The normalized spacial score (nSPS) is 21.8. The van der Waals surface area contributed by atoms with Crippen molar-refractivity contribution in [2.45, 2.75) is 70.9 Å². The number of ether oxygens (including phenoxy) is 2. The molecule has 1 aromatic rings. The molecule has 1 saturated carbocycles. The summed E-state index contributed by atoms with van der Waals surface area (Å²) in [7, 11) is 14.5. The molecular weight excluding hydrogens is 696 g/mol. The van der Waals surface area contributed by atoms with E-state index in [-0.39, 0.29) is 30.0 Å². The van der Waals surface area contributed by atoms with Crippen LogP contribution in [0, 0.1) is 18.5 Å². The van der Waals surface area contributed by atoms with E-state index < -0.39 is 21.8 Å². The van der Waals surface area contributed by atoms with Gasteiger partial charge in [0.25, 0.3) is 0 Å². The minimum Gasteiger partial charge on any atom is -0.443 e. The van der Waals surface area contributed by atoms with Crippen molar-refractivity contribution in [1.82, 2.24) is 9.21 Å². The molecule has 240 valence electrons. The molecule has 0 bridgehead atoms. The average Bonchev–Trinajstić information content (AvgIpc) is 3.53. The Morgan fingerprint density at radius 1 is 1.26 bits per heavy atom. The van der Waals surface area contributed by atoms with E-state index in [1.165, 1.54) is 6.54 Å². The Hall–Kier alpha value is -0.510. The molecule has 1 aromatic carbocycles. The molecule has 0 aromatic heterocycles. The van der Waals surface area contributed by atoms with Gasteiger partial charge in [-0.05, 0) is 45.5 Å². The number of benzene rings is 1. The number of carbonyl (C=O) groups excluding carboxylic acids is 1. The Bertz CT molecular complexity index is 1070. The number of allylic oxidation sites excluding steroid dienone is 1. The van der Waals surface area contributed by atoms with E-state index in [1.807, 2.05) is 42.7 Å². The maximum atomic E-state index is 12.8. The van der Waals surface area contributed by atoms with Crippen molar-refractivity contribution >= 4 is 50.2 Å². The Balaban J connectivity index is 0.000000661. The molecule has 2 aliphatic rings. The topological polar surface area (TPSA) is 51.2 Å². The van der Waals surface area contributed by atoms with Crippen LogP contribution < -0.4 is 4.74 Å². The van der Waals surface area contributed by atoms with Crippen molar-refractivity contribution in [3.63, 3.8) is 0 Å². The summed E-state index contributed by atoms with van der Waals surface area (Å²) in [5.41, 5.74) is 1.91. The number of nitrogens with zero attached hydrogens (tertiary/aromatic N) is 2. The van der Waals surface area contributed by atoms with Gasteiger partial charge in [-0.25, -0.2) is 0 Å². The van der Waals surface area contributed by atoms with E-state index in [0.29, 0.717) is 12.8 Å². The number of hydrogen-bond donors (Lipinski definition) is 0. The van der Waals surface area contributed by atoms with Crippen LogP contribution >= 0.6 is 31.3 Å². The number of carbonyl (C=O) groups is 1. The predicted molar refractivity (Wildman–Crippen MR) is 179 cm³/mol. The van der Waals surface area contributed by atoms with Gasteiger partial charge < -0.3 is 13.6 Å². The molecule has 42 heavy (non-hydrogen) atoms. The van der Waals surface area contributed by atoms with E-state index in [2.05, 4.69) is 61.0 Å². The van der Waals surface area contributed by atoms with E-state index in [4.69, 9.17) is 33.3 Å². The minimum atomic E-state index is -2.01. The summed E-state index contributed by atoms with van der Waals surface area (Å²) in [5, 5.41) is 0. The number of esters is 1. The van der Waals surface area contributed by atoms with Gasteiger partial charge in [0.05, 0.1) is 0 Å². The van der Waals surface area contributed by atoms with Gasteiger partial charge in [-0.1, -0.05) is 0 Å². The second kappa shape index (κ2) is 19.1. The van der Waals surface area contributed by atoms with E-state index in [9.17, 15) is 4.79 Å². The molecular formula is C31H49Cl2N2O4RuSSi-. The van der Waals surface area contributed by atoms with Gasteiger partial charge in [-0.15, -0.1) is 11.9 Å². The third-order valence-corrected chi connectivity index (χ3v) is 12.2. The summed E-state index contributed by atoms with van der Waals surface area (Å²) in [6, 6.07) is 6.86. The van der Waals surface area contributed by atoms with Crippen LogP contribution in [0.2, 0.25) is 19.1 Å². The summed E-state index contributed by atoms with van der Waals surface area (Å²) < 4.78 is 21.6. The Labute approximate surface area is 272 Å².